The number of Topliss-reactive ketones (excluding diaryl/α,β-unsaturated/α-hetero) is 6. The average Bonchev–Trinajstić information content (AvgIpc) is 4.07. The first kappa shape index (κ1) is 72.0. The molecule has 0 spiro atoms. The molecule has 2 aliphatic carbocycles. The number of hydrogen-bond donors (Lipinski definition) is 2. The van der Waals surface area contributed by atoms with Gasteiger partial charge >= 0.3 is 0 Å². The van der Waals surface area contributed by atoms with Crippen molar-refractivity contribution in [2.45, 2.75) is 192 Å². The predicted molar refractivity (Wildman–Crippen MR) is 286 cm³/mol. The lowest BCUT2D eigenvalue weighted by Crippen LogP contribution is -2.36. The standard InChI is InChI=1S/C11H17NO.C10H15NO.C7H13NO2.C6H12N2O.C6H11NO2.C6H11NOS.6CH4/c1-8(13)11-7-9-5-3-4-6-10(9)12(11)2;1-7(12)10-6-8-4-3-5-9(8)11(10)2;1-5(9)7-3-6(10)4-8(7)2;1-5(9)6-3-4-7-8(6)2;1-5(8)6-3-4-9-7(6)2;1-5(8)6-3-9-4-7(6)2;;;;;;/h4,6,9-11H,3,5,7H2,1-2H3;3,5,8-10H,4,6H2,1-2H3;6-7,10H,3-4H2,1-2H3;6-7H,3-4H2,1-2H3;2*6H,3-4H2,1-2H3;6*1H4. The molecular formula is C52H103N7O8S. The molecule has 6 aliphatic heterocycles. The molecule has 0 bridgehead atoms. The van der Waals surface area contributed by atoms with E-state index in [1.165, 1.54) is 19.3 Å². The van der Waals surface area contributed by atoms with Gasteiger partial charge in [0.2, 0.25) is 0 Å². The zero-order valence-corrected chi connectivity index (χ0v) is 40.6. The van der Waals surface area contributed by atoms with E-state index >= 15 is 0 Å². The number of carbonyl (C=O) groups excluding carboxylic acids is 6. The van der Waals surface area contributed by atoms with Crippen molar-refractivity contribution in [2.75, 3.05) is 73.6 Å². The molecule has 6 saturated heterocycles. The fourth-order valence-corrected chi connectivity index (χ4v) is 11.1. The minimum Gasteiger partial charge on any atom is -0.392 e. The molecule has 0 aromatic rings. The second kappa shape index (κ2) is 34.8. The summed E-state index contributed by atoms with van der Waals surface area (Å²) in [6.07, 6.45) is 16.8. The van der Waals surface area contributed by atoms with E-state index in [0.29, 0.717) is 54.9 Å². The molecule has 15 nitrogen and oxygen atoms in total. The molecule has 0 saturated carbocycles. The highest BCUT2D eigenvalue weighted by molar-refractivity contribution is 7.99. The SMILES string of the molecule is C.C.C.C.C.C.CC(=O)C1CC(O)CN1C.CC(=O)C1CC2CC=CC2N1C.CC(=O)C1CC2CCC=CC2N1C.CC(=O)C1CCNN1C.CC(=O)C1CCON1C.CC(=O)C1CSCN1C. The number of aliphatic hydroxyl groups excluding tert-OH is 1. The third-order valence-electron chi connectivity index (χ3n) is 13.6. The van der Waals surface area contributed by atoms with Crippen LogP contribution in [0.4, 0.5) is 0 Å². The van der Waals surface area contributed by atoms with Gasteiger partial charge in [0.25, 0.3) is 0 Å². The van der Waals surface area contributed by atoms with Crippen LogP contribution < -0.4 is 5.43 Å². The summed E-state index contributed by atoms with van der Waals surface area (Å²) in [7, 11) is 11.7. The molecule has 8 aliphatic rings. The van der Waals surface area contributed by atoms with Crippen molar-refractivity contribution in [3.8, 4) is 0 Å². The van der Waals surface area contributed by atoms with Gasteiger partial charge in [-0.05, 0) is 133 Å². The quantitative estimate of drug-likeness (QED) is 0.265. The first-order valence-corrected chi connectivity index (χ1v) is 23.6. The number of nitrogens with one attached hydrogen (secondary N) is 1. The highest BCUT2D eigenvalue weighted by Crippen LogP contribution is 2.37. The van der Waals surface area contributed by atoms with Gasteiger partial charge in [0.1, 0.15) is 34.7 Å². The number of likely N-dealkylation sites (N-methyl/N-ethyl adjacent to an activating group) is 6. The van der Waals surface area contributed by atoms with Crippen LogP contribution >= 0.6 is 11.8 Å². The Labute approximate surface area is 420 Å². The molecule has 6 fully saturated rings. The number of thioether (sulfide) groups is 1. The van der Waals surface area contributed by atoms with Gasteiger partial charge in [-0.1, -0.05) is 68.9 Å². The molecule has 400 valence electrons. The van der Waals surface area contributed by atoms with Crippen molar-refractivity contribution < 1.29 is 38.7 Å². The second-order valence-electron chi connectivity index (χ2n) is 18.3. The molecule has 11 atom stereocenters. The summed E-state index contributed by atoms with van der Waals surface area (Å²) < 4.78 is 0. The van der Waals surface area contributed by atoms with Crippen LogP contribution in [0.2, 0.25) is 0 Å². The van der Waals surface area contributed by atoms with E-state index in [0.717, 1.165) is 49.8 Å². The molecule has 0 amide bonds. The smallest absolute Gasteiger partial charge is 0.149 e. The lowest BCUT2D eigenvalue weighted by molar-refractivity contribution is -0.140. The van der Waals surface area contributed by atoms with Gasteiger partial charge in [-0.2, -0.15) is 5.06 Å². The molecule has 2 N–H and O–H groups in total. The molecule has 16 heteroatoms. The summed E-state index contributed by atoms with van der Waals surface area (Å²) in [5, 5.41) is 12.6. The van der Waals surface area contributed by atoms with Crippen LogP contribution in [0.1, 0.15) is 137 Å². The van der Waals surface area contributed by atoms with E-state index in [4.69, 9.17) is 9.94 Å². The van der Waals surface area contributed by atoms with Gasteiger partial charge in [-0.15, -0.1) is 11.8 Å². The number of fused-ring (bicyclic) bond motifs is 2. The number of nitrogens with zero attached hydrogens (tertiary/aromatic N) is 6. The zero-order valence-electron chi connectivity index (χ0n) is 39.7. The average molecular weight is 987 g/mol. The lowest BCUT2D eigenvalue weighted by Gasteiger charge is -2.26. The second-order valence-corrected chi connectivity index (χ2v) is 19.3. The minimum atomic E-state index is -0.307. The Balaban J connectivity index is -0.000000357. The van der Waals surface area contributed by atoms with E-state index in [1.54, 1.807) is 53.7 Å². The van der Waals surface area contributed by atoms with Crippen molar-refractivity contribution in [1.29, 1.82) is 0 Å². The van der Waals surface area contributed by atoms with Gasteiger partial charge < -0.3 is 5.11 Å². The molecule has 0 aromatic carbocycles. The highest BCUT2D eigenvalue weighted by Gasteiger charge is 2.41. The Hall–Kier alpha value is -2.51. The number of rotatable bonds is 6. The Bertz CT molecular complexity index is 1510. The number of aliphatic hydroxyl groups is 1. The Morgan fingerprint density at radius 1 is 0.574 bits per heavy atom. The predicted octanol–water partition coefficient (Wildman–Crippen LogP) is 6.87. The van der Waals surface area contributed by atoms with Crippen molar-refractivity contribution in [3.63, 3.8) is 0 Å². The van der Waals surface area contributed by atoms with Crippen molar-refractivity contribution in [1.82, 2.24) is 35.1 Å². The van der Waals surface area contributed by atoms with Crippen LogP contribution in [-0.4, -0.2) is 198 Å². The monoisotopic (exact) mass is 986 g/mol. The Kier molecular flexibility index (Phi) is 36.8. The number of hydroxylamine groups is 2. The van der Waals surface area contributed by atoms with Gasteiger partial charge in [-0.25, -0.2) is 5.01 Å². The van der Waals surface area contributed by atoms with Crippen molar-refractivity contribution in [2.24, 2.45) is 11.8 Å². The maximum absolute atomic E-state index is 11.3. The van der Waals surface area contributed by atoms with E-state index in [1.807, 2.05) is 42.8 Å². The first-order chi connectivity index (χ1) is 29.2. The summed E-state index contributed by atoms with van der Waals surface area (Å²) in [6, 6.07) is 1.70. The number of carbonyl (C=O) groups is 6. The van der Waals surface area contributed by atoms with Crippen LogP contribution in [0.15, 0.2) is 24.3 Å². The summed E-state index contributed by atoms with van der Waals surface area (Å²) >= 11 is 1.82. The molecule has 6 heterocycles. The normalized spacial score (nSPS) is 31.2. The summed E-state index contributed by atoms with van der Waals surface area (Å²) in [5.41, 5.74) is 3.06. The topological polar surface area (TPSA) is 163 Å². The molecule has 11 unspecified atom stereocenters. The van der Waals surface area contributed by atoms with Crippen LogP contribution in [0, 0.1) is 11.8 Å². The van der Waals surface area contributed by atoms with Gasteiger partial charge in [0, 0.05) is 50.9 Å². The maximum Gasteiger partial charge on any atom is 0.149 e. The van der Waals surface area contributed by atoms with Crippen molar-refractivity contribution in [3.05, 3.63) is 24.3 Å². The summed E-state index contributed by atoms with van der Waals surface area (Å²) in [5.74, 6) is 4.95. The molecular weight excluding hydrogens is 883 g/mol. The molecule has 68 heavy (non-hydrogen) atoms. The molecule has 0 radical (unpaired) electrons. The van der Waals surface area contributed by atoms with Gasteiger partial charge in [-0.3, -0.25) is 58.6 Å². The largest absolute Gasteiger partial charge is 0.392 e. The number of hydrogen-bond acceptors (Lipinski definition) is 16. The molecule has 0 aromatic heterocycles. The Morgan fingerprint density at radius 3 is 1.37 bits per heavy atom. The van der Waals surface area contributed by atoms with E-state index in [2.05, 4.69) is 58.5 Å². The summed E-state index contributed by atoms with van der Waals surface area (Å²) in [6.45, 7) is 12.1. The van der Waals surface area contributed by atoms with Crippen LogP contribution in [0.5, 0.6) is 0 Å². The third-order valence-corrected chi connectivity index (χ3v) is 14.7. The minimum absolute atomic E-state index is 0. The number of ketones is 6. The zero-order chi connectivity index (χ0) is 46.4. The fraction of sp³-hybridized carbons (Fsp3) is 0.808. The van der Waals surface area contributed by atoms with E-state index in [-0.39, 0.29) is 104 Å². The number of hydrazine groups is 1. The highest BCUT2D eigenvalue weighted by atomic mass is 32.2. The maximum atomic E-state index is 11.3. The van der Waals surface area contributed by atoms with E-state index in [9.17, 15) is 28.8 Å². The number of allylic oxidation sites excluding steroid dienone is 2. The number of β-amino-alcohol motifs (C(OH)–C–C–N with tert-alkyl or cyclic N) is 1. The number of likely N-dealkylation sites (tertiary alicyclic amines) is 3. The van der Waals surface area contributed by atoms with E-state index < -0.39 is 0 Å². The fourth-order valence-electron chi connectivity index (χ4n) is 9.82. The lowest BCUT2D eigenvalue weighted by atomic mass is 9.89. The van der Waals surface area contributed by atoms with Crippen LogP contribution in [-0.2, 0) is 33.6 Å². The van der Waals surface area contributed by atoms with Gasteiger partial charge in [0.15, 0.2) is 0 Å². The van der Waals surface area contributed by atoms with Crippen LogP contribution in [0.25, 0.3) is 0 Å². The molecule has 8 rings (SSSR count). The van der Waals surface area contributed by atoms with Crippen LogP contribution in [0.3, 0.4) is 0 Å². The third kappa shape index (κ3) is 21.1. The van der Waals surface area contributed by atoms with Gasteiger partial charge in [0.05, 0.1) is 49.0 Å². The van der Waals surface area contributed by atoms with Crippen molar-refractivity contribution >= 4 is 46.5 Å². The Morgan fingerprint density at radius 2 is 1.06 bits per heavy atom. The first-order valence-electron chi connectivity index (χ1n) is 22.4. The summed E-state index contributed by atoms with van der Waals surface area (Å²) in [4.78, 5) is 79.2.